The van der Waals surface area contributed by atoms with E-state index in [0.29, 0.717) is 25.8 Å². The van der Waals surface area contributed by atoms with Gasteiger partial charge in [-0.3, -0.25) is 0 Å². The van der Waals surface area contributed by atoms with E-state index in [1.807, 2.05) is 6.92 Å². The highest BCUT2D eigenvalue weighted by atomic mass is 16.5. The van der Waals surface area contributed by atoms with Crippen LogP contribution >= 0.6 is 0 Å². The molecular formula is C11H19N5O2. The van der Waals surface area contributed by atoms with E-state index in [-0.39, 0.29) is 17.5 Å². The van der Waals surface area contributed by atoms with E-state index in [9.17, 15) is 0 Å². The van der Waals surface area contributed by atoms with Crippen molar-refractivity contribution in [2.45, 2.75) is 26.3 Å². The molecule has 1 aliphatic heterocycles. The summed E-state index contributed by atoms with van der Waals surface area (Å²) >= 11 is 0. The maximum Gasteiger partial charge on any atom is 0.323 e. The average Bonchev–Trinajstić information content (AvgIpc) is 2.27. The standard InChI is InChI=1S/C11H19N5O2/c1-4-18-10-14-8(12)13-9(15-10)16-5-6-17-7-11(16,2)3/h4-7H2,1-3H3,(H2,12,13,14,15). The van der Waals surface area contributed by atoms with Crippen LogP contribution in [0.5, 0.6) is 6.01 Å². The summed E-state index contributed by atoms with van der Waals surface area (Å²) in [6.07, 6.45) is 0. The van der Waals surface area contributed by atoms with Crippen LogP contribution in [0.25, 0.3) is 0 Å². The lowest BCUT2D eigenvalue weighted by molar-refractivity contribution is 0.0632. The van der Waals surface area contributed by atoms with Gasteiger partial charge in [0.15, 0.2) is 0 Å². The van der Waals surface area contributed by atoms with Gasteiger partial charge in [0.05, 0.1) is 25.4 Å². The summed E-state index contributed by atoms with van der Waals surface area (Å²) in [6, 6.07) is 0.266. The molecule has 0 atom stereocenters. The second-order valence-electron chi connectivity index (χ2n) is 4.73. The molecule has 0 spiro atoms. The highest BCUT2D eigenvalue weighted by Crippen LogP contribution is 2.25. The third-order valence-electron chi connectivity index (χ3n) is 2.78. The number of nitrogens with zero attached hydrogens (tertiary/aromatic N) is 4. The zero-order valence-electron chi connectivity index (χ0n) is 11.0. The topological polar surface area (TPSA) is 86.4 Å². The van der Waals surface area contributed by atoms with Gasteiger partial charge in [-0.05, 0) is 20.8 Å². The summed E-state index contributed by atoms with van der Waals surface area (Å²) in [6.45, 7) is 8.52. The maximum absolute atomic E-state index is 5.68. The SMILES string of the molecule is CCOc1nc(N)nc(N2CCOCC2(C)C)n1. The van der Waals surface area contributed by atoms with E-state index in [0.717, 1.165) is 6.54 Å². The lowest BCUT2D eigenvalue weighted by Gasteiger charge is -2.41. The second-order valence-corrected chi connectivity index (χ2v) is 4.73. The smallest absolute Gasteiger partial charge is 0.323 e. The van der Waals surface area contributed by atoms with Crippen molar-refractivity contribution in [1.82, 2.24) is 15.0 Å². The monoisotopic (exact) mass is 253 g/mol. The predicted octanol–water partition coefficient (Wildman–Crippen LogP) is 0.468. The van der Waals surface area contributed by atoms with Gasteiger partial charge in [0.1, 0.15) is 0 Å². The fraction of sp³-hybridized carbons (Fsp3) is 0.727. The number of morpholine rings is 1. The molecule has 0 saturated carbocycles. The summed E-state index contributed by atoms with van der Waals surface area (Å²) in [5, 5.41) is 0. The van der Waals surface area contributed by atoms with Crippen molar-refractivity contribution in [2.24, 2.45) is 0 Å². The number of anilines is 2. The Morgan fingerprint density at radius 3 is 2.83 bits per heavy atom. The van der Waals surface area contributed by atoms with Crippen molar-refractivity contribution in [1.29, 1.82) is 0 Å². The van der Waals surface area contributed by atoms with E-state index < -0.39 is 0 Å². The van der Waals surface area contributed by atoms with E-state index >= 15 is 0 Å². The molecule has 18 heavy (non-hydrogen) atoms. The molecule has 2 rings (SSSR count). The molecule has 1 aromatic rings. The number of ether oxygens (including phenoxy) is 2. The van der Waals surface area contributed by atoms with Gasteiger partial charge < -0.3 is 20.1 Å². The van der Waals surface area contributed by atoms with Crippen LogP contribution in [0.2, 0.25) is 0 Å². The molecule has 1 fully saturated rings. The quantitative estimate of drug-likeness (QED) is 0.837. The molecule has 0 aromatic carbocycles. The molecule has 0 radical (unpaired) electrons. The number of nitrogen functional groups attached to an aromatic ring is 1. The van der Waals surface area contributed by atoms with Crippen LogP contribution in [0.3, 0.4) is 0 Å². The first-order valence-corrected chi connectivity index (χ1v) is 6.02. The fourth-order valence-electron chi connectivity index (χ4n) is 1.90. The summed E-state index contributed by atoms with van der Waals surface area (Å²) < 4.78 is 10.8. The normalized spacial score (nSPS) is 18.7. The Bertz CT molecular complexity index is 424. The fourth-order valence-corrected chi connectivity index (χ4v) is 1.90. The zero-order chi connectivity index (χ0) is 13.2. The minimum absolute atomic E-state index is 0.171. The first kappa shape index (κ1) is 12.8. The van der Waals surface area contributed by atoms with Crippen LogP contribution in [-0.4, -0.2) is 46.9 Å². The Morgan fingerprint density at radius 2 is 2.17 bits per heavy atom. The van der Waals surface area contributed by atoms with Crippen molar-refractivity contribution >= 4 is 11.9 Å². The first-order chi connectivity index (χ1) is 8.53. The molecule has 1 aliphatic rings. The number of hydrogen-bond donors (Lipinski definition) is 1. The Hall–Kier alpha value is -1.63. The van der Waals surface area contributed by atoms with Gasteiger partial charge in [-0.15, -0.1) is 0 Å². The number of hydrogen-bond acceptors (Lipinski definition) is 7. The molecule has 0 aliphatic carbocycles. The van der Waals surface area contributed by atoms with E-state index in [4.69, 9.17) is 15.2 Å². The summed E-state index contributed by atoms with van der Waals surface area (Å²) in [7, 11) is 0. The molecule has 0 amide bonds. The van der Waals surface area contributed by atoms with Gasteiger partial charge in [0.25, 0.3) is 0 Å². The Labute approximate surface area is 106 Å². The second kappa shape index (κ2) is 4.93. The van der Waals surface area contributed by atoms with Crippen molar-refractivity contribution in [3.63, 3.8) is 0 Å². The molecule has 1 aromatic heterocycles. The van der Waals surface area contributed by atoms with Gasteiger partial charge in [0, 0.05) is 6.54 Å². The van der Waals surface area contributed by atoms with Gasteiger partial charge in [-0.1, -0.05) is 0 Å². The summed E-state index contributed by atoms with van der Waals surface area (Å²) in [4.78, 5) is 14.5. The minimum Gasteiger partial charge on any atom is -0.464 e. The average molecular weight is 253 g/mol. The molecule has 7 heteroatoms. The minimum atomic E-state index is -0.171. The Balaban J connectivity index is 2.31. The van der Waals surface area contributed by atoms with Crippen LogP contribution in [0.4, 0.5) is 11.9 Å². The van der Waals surface area contributed by atoms with Gasteiger partial charge in [-0.25, -0.2) is 0 Å². The van der Waals surface area contributed by atoms with Gasteiger partial charge in [0.2, 0.25) is 11.9 Å². The summed E-state index contributed by atoms with van der Waals surface area (Å²) in [5.41, 5.74) is 5.51. The van der Waals surface area contributed by atoms with E-state index in [1.54, 1.807) is 0 Å². The lowest BCUT2D eigenvalue weighted by Crippen LogP contribution is -2.54. The molecule has 2 heterocycles. The van der Waals surface area contributed by atoms with E-state index in [2.05, 4.69) is 33.7 Å². The molecule has 0 unspecified atom stereocenters. The van der Waals surface area contributed by atoms with Crippen molar-refractivity contribution in [3.8, 4) is 6.01 Å². The predicted molar refractivity (Wildman–Crippen MR) is 67.7 cm³/mol. The third-order valence-corrected chi connectivity index (χ3v) is 2.78. The number of nitrogens with two attached hydrogens (primary N) is 1. The number of aromatic nitrogens is 3. The molecule has 7 nitrogen and oxygen atoms in total. The largest absolute Gasteiger partial charge is 0.464 e. The van der Waals surface area contributed by atoms with Crippen molar-refractivity contribution in [2.75, 3.05) is 37.0 Å². The van der Waals surface area contributed by atoms with Crippen LogP contribution in [-0.2, 0) is 4.74 Å². The van der Waals surface area contributed by atoms with Crippen LogP contribution in [0.1, 0.15) is 20.8 Å². The van der Waals surface area contributed by atoms with Crippen LogP contribution < -0.4 is 15.4 Å². The number of rotatable bonds is 3. The molecule has 2 N–H and O–H groups in total. The molecule has 1 saturated heterocycles. The maximum atomic E-state index is 5.68. The van der Waals surface area contributed by atoms with Gasteiger partial charge in [-0.2, -0.15) is 15.0 Å². The first-order valence-electron chi connectivity index (χ1n) is 6.02. The van der Waals surface area contributed by atoms with Crippen LogP contribution in [0.15, 0.2) is 0 Å². The van der Waals surface area contributed by atoms with Crippen LogP contribution in [0, 0.1) is 0 Å². The Morgan fingerprint density at radius 1 is 1.39 bits per heavy atom. The zero-order valence-corrected chi connectivity index (χ0v) is 11.0. The highest BCUT2D eigenvalue weighted by molar-refractivity contribution is 5.39. The third kappa shape index (κ3) is 2.61. The van der Waals surface area contributed by atoms with Gasteiger partial charge >= 0.3 is 6.01 Å². The Kier molecular flexibility index (Phi) is 3.51. The van der Waals surface area contributed by atoms with E-state index in [1.165, 1.54) is 0 Å². The van der Waals surface area contributed by atoms with Crippen molar-refractivity contribution < 1.29 is 9.47 Å². The van der Waals surface area contributed by atoms with Crippen molar-refractivity contribution in [3.05, 3.63) is 0 Å². The highest BCUT2D eigenvalue weighted by Gasteiger charge is 2.33. The molecule has 100 valence electrons. The molecule has 0 bridgehead atoms. The molecular weight excluding hydrogens is 234 g/mol. The summed E-state index contributed by atoms with van der Waals surface area (Å²) in [5.74, 6) is 0.713. The lowest BCUT2D eigenvalue weighted by atomic mass is 10.0.